The van der Waals surface area contributed by atoms with Gasteiger partial charge in [-0.15, -0.1) is 0 Å². The van der Waals surface area contributed by atoms with Crippen LogP contribution in [0.15, 0.2) is 47.4 Å². The van der Waals surface area contributed by atoms with Gasteiger partial charge in [0.15, 0.2) is 0 Å². The molecule has 1 N–H and O–H groups in total. The number of ether oxygens (including phenoxy) is 1. The predicted molar refractivity (Wildman–Crippen MR) is 90.3 cm³/mol. The summed E-state index contributed by atoms with van der Waals surface area (Å²) in [4.78, 5) is 13.8. The van der Waals surface area contributed by atoms with Crippen molar-refractivity contribution >= 4 is 21.6 Å². The molecule has 0 radical (unpaired) electrons. The molecule has 0 aliphatic carbocycles. The minimum Gasteiger partial charge on any atom is -0.378 e. The van der Waals surface area contributed by atoms with Crippen molar-refractivity contribution in [2.24, 2.45) is 0 Å². The van der Waals surface area contributed by atoms with Crippen molar-refractivity contribution in [1.29, 1.82) is 0 Å². The summed E-state index contributed by atoms with van der Waals surface area (Å²) in [6.07, 6.45) is 0. The molecule has 9 heteroatoms. The van der Waals surface area contributed by atoms with E-state index in [1.807, 2.05) is 0 Å². The lowest BCUT2D eigenvalue weighted by molar-refractivity contribution is 0.0303. The van der Waals surface area contributed by atoms with E-state index < -0.39 is 21.7 Å². The Kier molecular flexibility index (Phi) is 5.19. The molecule has 3 rings (SSSR count). The van der Waals surface area contributed by atoms with Gasteiger partial charge in [0.25, 0.3) is 15.9 Å². The number of nitrogens with zero attached hydrogens (tertiary/aromatic N) is 1. The minimum absolute atomic E-state index is 0.139. The Balaban J connectivity index is 1.77. The Morgan fingerprint density at radius 2 is 1.69 bits per heavy atom. The molecule has 6 nitrogen and oxygen atoms in total. The zero-order valence-corrected chi connectivity index (χ0v) is 14.4. The van der Waals surface area contributed by atoms with Crippen LogP contribution in [0.1, 0.15) is 10.4 Å². The molecule has 26 heavy (non-hydrogen) atoms. The van der Waals surface area contributed by atoms with Crippen molar-refractivity contribution in [1.82, 2.24) is 4.90 Å². The van der Waals surface area contributed by atoms with Gasteiger partial charge in [-0.25, -0.2) is 17.2 Å². The lowest BCUT2D eigenvalue weighted by Crippen LogP contribution is -2.40. The van der Waals surface area contributed by atoms with Gasteiger partial charge >= 0.3 is 0 Å². The Bertz CT molecular complexity index is 911. The number of sulfonamides is 1. The van der Waals surface area contributed by atoms with Gasteiger partial charge in [0.2, 0.25) is 0 Å². The smallest absolute Gasteiger partial charge is 0.261 e. The first-order valence-corrected chi connectivity index (χ1v) is 9.30. The van der Waals surface area contributed by atoms with E-state index in [1.165, 1.54) is 24.3 Å². The molecule has 1 heterocycles. The van der Waals surface area contributed by atoms with E-state index in [1.54, 1.807) is 4.90 Å². The van der Waals surface area contributed by atoms with Gasteiger partial charge in [-0.05, 0) is 36.4 Å². The number of carbonyl (C=O) groups excluding carboxylic acids is 1. The number of anilines is 1. The fourth-order valence-corrected chi connectivity index (χ4v) is 3.57. The molecule has 1 saturated heterocycles. The van der Waals surface area contributed by atoms with Crippen LogP contribution in [0.5, 0.6) is 0 Å². The van der Waals surface area contributed by atoms with Crippen LogP contribution in [0.25, 0.3) is 0 Å². The van der Waals surface area contributed by atoms with Crippen molar-refractivity contribution in [3.8, 4) is 0 Å². The summed E-state index contributed by atoms with van der Waals surface area (Å²) in [7, 11) is -4.07. The molecule has 0 unspecified atom stereocenters. The third-order valence-electron chi connectivity index (χ3n) is 3.89. The van der Waals surface area contributed by atoms with Gasteiger partial charge in [0, 0.05) is 24.7 Å². The number of benzene rings is 2. The monoisotopic (exact) mass is 382 g/mol. The quantitative estimate of drug-likeness (QED) is 0.880. The van der Waals surface area contributed by atoms with Crippen LogP contribution in [0.2, 0.25) is 0 Å². The van der Waals surface area contributed by atoms with E-state index >= 15 is 0 Å². The number of nitrogens with one attached hydrogen (secondary N) is 1. The largest absolute Gasteiger partial charge is 0.378 e. The highest BCUT2D eigenvalue weighted by Gasteiger charge is 2.20. The highest BCUT2D eigenvalue weighted by atomic mass is 32.2. The second-order valence-electron chi connectivity index (χ2n) is 5.66. The summed E-state index contributed by atoms with van der Waals surface area (Å²) in [5, 5.41) is 0. The van der Waals surface area contributed by atoms with Gasteiger partial charge in [-0.3, -0.25) is 9.52 Å². The Labute approximate surface area is 149 Å². The van der Waals surface area contributed by atoms with E-state index in [-0.39, 0.29) is 16.5 Å². The third-order valence-corrected chi connectivity index (χ3v) is 5.27. The Morgan fingerprint density at radius 3 is 2.31 bits per heavy atom. The molecule has 0 bridgehead atoms. The molecule has 2 aromatic carbocycles. The van der Waals surface area contributed by atoms with E-state index in [0.29, 0.717) is 37.9 Å². The van der Waals surface area contributed by atoms with Crippen molar-refractivity contribution in [3.05, 3.63) is 59.7 Å². The van der Waals surface area contributed by atoms with Crippen molar-refractivity contribution < 1.29 is 26.7 Å². The molecule has 2 aromatic rings. The van der Waals surface area contributed by atoms with Gasteiger partial charge in [0.1, 0.15) is 11.6 Å². The van der Waals surface area contributed by atoms with Crippen molar-refractivity contribution in [3.63, 3.8) is 0 Å². The summed E-state index contributed by atoms with van der Waals surface area (Å²) in [5.74, 6) is -2.04. The first-order valence-electron chi connectivity index (χ1n) is 7.82. The average molecular weight is 382 g/mol. The SMILES string of the molecule is O=C(c1ccc(S(=O)(=O)Nc2ccc(F)cc2F)cc1)N1CCOCC1. The van der Waals surface area contributed by atoms with E-state index in [4.69, 9.17) is 4.74 Å². The van der Waals surface area contributed by atoms with Crippen molar-refractivity contribution in [2.45, 2.75) is 4.90 Å². The lowest BCUT2D eigenvalue weighted by Gasteiger charge is -2.26. The second kappa shape index (κ2) is 7.38. The van der Waals surface area contributed by atoms with Crippen molar-refractivity contribution in [2.75, 3.05) is 31.0 Å². The molecule has 1 aliphatic heterocycles. The van der Waals surface area contributed by atoms with Crippen LogP contribution in [-0.2, 0) is 14.8 Å². The number of amides is 1. The number of hydrogen-bond donors (Lipinski definition) is 1. The van der Waals surface area contributed by atoms with Gasteiger partial charge in [-0.1, -0.05) is 0 Å². The number of hydrogen-bond acceptors (Lipinski definition) is 4. The van der Waals surface area contributed by atoms with Crippen LogP contribution in [0, 0.1) is 11.6 Å². The predicted octanol–water partition coefficient (Wildman–Crippen LogP) is 2.24. The van der Waals surface area contributed by atoms with Crippen LogP contribution in [0.3, 0.4) is 0 Å². The van der Waals surface area contributed by atoms with Gasteiger partial charge in [0.05, 0.1) is 23.8 Å². The maximum absolute atomic E-state index is 13.6. The Morgan fingerprint density at radius 1 is 1.04 bits per heavy atom. The fraction of sp³-hybridized carbons (Fsp3) is 0.235. The molecule has 0 spiro atoms. The minimum atomic E-state index is -4.07. The van der Waals surface area contributed by atoms with E-state index in [2.05, 4.69) is 4.72 Å². The molecule has 0 saturated carbocycles. The molecular formula is C17H16F2N2O4S. The molecule has 1 aliphatic rings. The standard InChI is InChI=1S/C17H16F2N2O4S/c18-13-3-6-16(15(19)11-13)20-26(23,24)14-4-1-12(2-5-14)17(22)21-7-9-25-10-8-21/h1-6,11,20H,7-10H2. The van der Waals surface area contributed by atoms with E-state index in [0.717, 1.165) is 12.1 Å². The third kappa shape index (κ3) is 4.00. The van der Waals surface area contributed by atoms with E-state index in [9.17, 15) is 22.0 Å². The maximum atomic E-state index is 13.6. The summed E-state index contributed by atoms with van der Waals surface area (Å²) in [5.41, 5.74) is -0.0151. The molecule has 1 fully saturated rings. The maximum Gasteiger partial charge on any atom is 0.261 e. The second-order valence-corrected chi connectivity index (χ2v) is 7.34. The zero-order chi connectivity index (χ0) is 18.7. The lowest BCUT2D eigenvalue weighted by atomic mass is 10.2. The molecule has 138 valence electrons. The average Bonchev–Trinajstić information content (AvgIpc) is 2.64. The summed E-state index contributed by atoms with van der Waals surface area (Å²) in [6.45, 7) is 1.88. The normalized spacial score (nSPS) is 14.9. The number of morpholine rings is 1. The molecular weight excluding hydrogens is 366 g/mol. The molecule has 0 aromatic heterocycles. The van der Waals surface area contributed by atoms with Crippen LogP contribution >= 0.6 is 0 Å². The number of carbonyl (C=O) groups is 1. The number of rotatable bonds is 4. The zero-order valence-electron chi connectivity index (χ0n) is 13.6. The number of halogens is 2. The summed E-state index contributed by atoms with van der Waals surface area (Å²) < 4.78 is 58.5. The van der Waals surface area contributed by atoms with Gasteiger partial charge < -0.3 is 9.64 Å². The van der Waals surface area contributed by atoms with Crippen LogP contribution < -0.4 is 4.72 Å². The van der Waals surface area contributed by atoms with Crippen LogP contribution in [0.4, 0.5) is 14.5 Å². The molecule has 0 atom stereocenters. The highest BCUT2D eigenvalue weighted by molar-refractivity contribution is 7.92. The van der Waals surface area contributed by atoms with Gasteiger partial charge in [-0.2, -0.15) is 0 Å². The highest BCUT2D eigenvalue weighted by Crippen LogP contribution is 2.20. The topological polar surface area (TPSA) is 75.7 Å². The first kappa shape index (κ1) is 18.3. The summed E-state index contributed by atoms with van der Waals surface area (Å²) in [6, 6.07) is 7.85. The first-order chi connectivity index (χ1) is 12.4. The van der Waals surface area contributed by atoms with Crippen LogP contribution in [-0.4, -0.2) is 45.5 Å². The summed E-state index contributed by atoms with van der Waals surface area (Å²) >= 11 is 0. The Hall–Kier alpha value is -2.52. The molecule has 1 amide bonds. The fourth-order valence-electron chi connectivity index (χ4n) is 2.50.